The lowest BCUT2D eigenvalue weighted by atomic mass is 9.95. The fraction of sp³-hybridized carbons (Fsp3) is 0.600. The highest BCUT2D eigenvalue weighted by Gasteiger charge is 2.15. The molecule has 1 fully saturated rings. The lowest BCUT2D eigenvalue weighted by Gasteiger charge is -2.23. The first-order valence-corrected chi connectivity index (χ1v) is 9.54. The monoisotopic (exact) mass is 360 g/mol. The van der Waals surface area contributed by atoms with E-state index in [9.17, 15) is 4.79 Å². The molecule has 2 rings (SSSR count). The van der Waals surface area contributed by atoms with Gasteiger partial charge in [-0.1, -0.05) is 31.4 Å². The molecule has 0 heterocycles. The number of ether oxygens (including phenoxy) is 1. The van der Waals surface area contributed by atoms with Crippen molar-refractivity contribution < 1.29 is 9.53 Å². The van der Waals surface area contributed by atoms with Crippen LogP contribution >= 0.6 is 0 Å². The standard InChI is InChI=1S/C20H32N4O2/c1-15-8-7-11-18(12-15)26-16(2)13-22-20(21-3)23-14-19(25)24-17-9-5-4-6-10-17/h7-8,11-12,16-17H,4-6,9-10,13-14H2,1-3H3,(H,24,25)(H2,21,22,23). The van der Waals surface area contributed by atoms with E-state index in [1.807, 2.05) is 38.1 Å². The van der Waals surface area contributed by atoms with Gasteiger partial charge in [0.05, 0.1) is 13.1 Å². The van der Waals surface area contributed by atoms with E-state index in [1.54, 1.807) is 7.05 Å². The molecule has 0 radical (unpaired) electrons. The summed E-state index contributed by atoms with van der Waals surface area (Å²) < 4.78 is 5.89. The molecule has 1 atom stereocenters. The van der Waals surface area contributed by atoms with Crippen molar-refractivity contribution in [3.8, 4) is 5.75 Å². The second-order valence-electron chi connectivity index (χ2n) is 6.95. The molecule has 1 amide bonds. The smallest absolute Gasteiger partial charge is 0.239 e. The van der Waals surface area contributed by atoms with Crippen LogP contribution in [-0.2, 0) is 4.79 Å². The Kier molecular flexibility index (Phi) is 8.25. The van der Waals surface area contributed by atoms with E-state index in [2.05, 4.69) is 20.9 Å². The van der Waals surface area contributed by atoms with Gasteiger partial charge in [0.1, 0.15) is 11.9 Å². The minimum absolute atomic E-state index is 0.0175. The normalized spacial score (nSPS) is 16.7. The Labute approximate surface area is 156 Å². The molecule has 0 spiro atoms. The Morgan fingerprint density at radius 2 is 2.04 bits per heavy atom. The number of nitrogens with one attached hydrogen (secondary N) is 3. The van der Waals surface area contributed by atoms with Crippen molar-refractivity contribution in [1.82, 2.24) is 16.0 Å². The van der Waals surface area contributed by atoms with Crippen LogP contribution in [0.1, 0.15) is 44.6 Å². The number of amides is 1. The quantitative estimate of drug-likeness (QED) is 0.515. The Bertz CT molecular complexity index is 597. The van der Waals surface area contributed by atoms with E-state index in [0.717, 1.165) is 18.6 Å². The Morgan fingerprint density at radius 3 is 2.73 bits per heavy atom. The van der Waals surface area contributed by atoms with Crippen molar-refractivity contribution in [2.75, 3.05) is 20.1 Å². The van der Waals surface area contributed by atoms with Crippen LogP contribution in [0.4, 0.5) is 0 Å². The van der Waals surface area contributed by atoms with Gasteiger partial charge in [0.25, 0.3) is 0 Å². The second-order valence-corrected chi connectivity index (χ2v) is 6.95. The average Bonchev–Trinajstić information content (AvgIpc) is 2.62. The van der Waals surface area contributed by atoms with Gasteiger partial charge in [0.2, 0.25) is 5.91 Å². The molecule has 26 heavy (non-hydrogen) atoms. The van der Waals surface area contributed by atoms with Crippen LogP contribution in [0.2, 0.25) is 0 Å². The zero-order valence-corrected chi connectivity index (χ0v) is 16.2. The number of carbonyl (C=O) groups excluding carboxylic acids is 1. The molecule has 0 aliphatic heterocycles. The summed E-state index contributed by atoms with van der Waals surface area (Å²) in [7, 11) is 1.69. The maximum atomic E-state index is 12.1. The molecule has 1 aliphatic rings. The SMILES string of the molecule is CN=C(NCC(=O)NC1CCCCC1)NCC(C)Oc1cccc(C)c1. The summed E-state index contributed by atoms with van der Waals surface area (Å²) in [6, 6.07) is 8.32. The number of aryl methyl sites for hydroxylation is 1. The van der Waals surface area contributed by atoms with Crippen molar-refractivity contribution in [2.24, 2.45) is 4.99 Å². The summed E-state index contributed by atoms with van der Waals surface area (Å²) in [6.07, 6.45) is 5.86. The molecule has 1 unspecified atom stereocenters. The first kappa shape index (κ1) is 20.1. The number of carbonyl (C=O) groups is 1. The zero-order chi connectivity index (χ0) is 18.8. The van der Waals surface area contributed by atoms with Crippen molar-refractivity contribution >= 4 is 11.9 Å². The maximum Gasteiger partial charge on any atom is 0.239 e. The molecule has 3 N–H and O–H groups in total. The maximum absolute atomic E-state index is 12.1. The summed E-state index contributed by atoms with van der Waals surface area (Å²) in [5, 5.41) is 9.35. The predicted octanol–water partition coefficient (Wildman–Crippen LogP) is 2.38. The van der Waals surface area contributed by atoms with Gasteiger partial charge in [-0.3, -0.25) is 9.79 Å². The number of rotatable bonds is 7. The van der Waals surface area contributed by atoms with Gasteiger partial charge in [-0.05, 0) is 44.4 Å². The number of guanidine groups is 1. The Balaban J connectivity index is 1.67. The van der Waals surface area contributed by atoms with E-state index in [-0.39, 0.29) is 18.6 Å². The number of benzene rings is 1. The minimum Gasteiger partial charge on any atom is -0.489 e. The Morgan fingerprint density at radius 1 is 1.27 bits per heavy atom. The van der Waals surface area contributed by atoms with Crippen LogP contribution in [0.3, 0.4) is 0 Å². The largest absolute Gasteiger partial charge is 0.489 e. The van der Waals surface area contributed by atoms with Crippen LogP contribution in [0.5, 0.6) is 5.75 Å². The summed E-state index contributed by atoms with van der Waals surface area (Å²) in [6.45, 7) is 4.86. The van der Waals surface area contributed by atoms with E-state index < -0.39 is 0 Å². The molecular weight excluding hydrogens is 328 g/mol. The van der Waals surface area contributed by atoms with Gasteiger partial charge in [-0.15, -0.1) is 0 Å². The van der Waals surface area contributed by atoms with Crippen LogP contribution in [0, 0.1) is 6.92 Å². The third-order valence-electron chi connectivity index (χ3n) is 4.49. The second kappa shape index (κ2) is 10.7. The minimum atomic E-state index is -0.0218. The first-order chi connectivity index (χ1) is 12.6. The fourth-order valence-electron chi connectivity index (χ4n) is 3.11. The van der Waals surface area contributed by atoms with Gasteiger partial charge in [-0.2, -0.15) is 0 Å². The van der Waals surface area contributed by atoms with Gasteiger partial charge in [0, 0.05) is 13.1 Å². The van der Waals surface area contributed by atoms with Crippen molar-refractivity contribution in [1.29, 1.82) is 0 Å². The molecule has 1 aromatic rings. The molecule has 0 aromatic heterocycles. The summed E-state index contributed by atoms with van der Waals surface area (Å²) >= 11 is 0. The highest BCUT2D eigenvalue weighted by Crippen LogP contribution is 2.17. The van der Waals surface area contributed by atoms with E-state index >= 15 is 0 Å². The molecule has 144 valence electrons. The predicted molar refractivity (Wildman–Crippen MR) is 106 cm³/mol. The lowest BCUT2D eigenvalue weighted by Crippen LogP contribution is -2.47. The van der Waals surface area contributed by atoms with E-state index in [0.29, 0.717) is 18.5 Å². The third-order valence-corrected chi connectivity index (χ3v) is 4.49. The van der Waals surface area contributed by atoms with Gasteiger partial charge in [0.15, 0.2) is 5.96 Å². The number of hydrogen-bond donors (Lipinski definition) is 3. The van der Waals surface area contributed by atoms with Gasteiger partial charge >= 0.3 is 0 Å². The highest BCUT2D eigenvalue weighted by atomic mass is 16.5. The van der Waals surface area contributed by atoms with Crippen molar-refractivity contribution in [3.63, 3.8) is 0 Å². The molecule has 6 heteroatoms. The highest BCUT2D eigenvalue weighted by molar-refractivity contribution is 5.86. The molecule has 0 bridgehead atoms. The van der Waals surface area contributed by atoms with Crippen LogP contribution in [-0.4, -0.2) is 44.1 Å². The summed E-state index contributed by atoms with van der Waals surface area (Å²) in [5.74, 6) is 1.47. The molecule has 0 saturated heterocycles. The number of nitrogens with zero attached hydrogens (tertiary/aromatic N) is 1. The lowest BCUT2D eigenvalue weighted by molar-refractivity contribution is -0.120. The number of aliphatic imine (C=N–C) groups is 1. The van der Waals surface area contributed by atoms with Crippen molar-refractivity contribution in [2.45, 2.75) is 58.1 Å². The Hall–Kier alpha value is -2.24. The van der Waals surface area contributed by atoms with Crippen LogP contribution in [0.15, 0.2) is 29.3 Å². The number of hydrogen-bond acceptors (Lipinski definition) is 3. The fourth-order valence-corrected chi connectivity index (χ4v) is 3.11. The molecule has 1 aromatic carbocycles. The summed E-state index contributed by atoms with van der Waals surface area (Å²) in [5.41, 5.74) is 1.17. The average molecular weight is 361 g/mol. The topological polar surface area (TPSA) is 74.8 Å². The summed E-state index contributed by atoms with van der Waals surface area (Å²) in [4.78, 5) is 16.2. The first-order valence-electron chi connectivity index (χ1n) is 9.54. The molecule has 6 nitrogen and oxygen atoms in total. The molecule has 1 saturated carbocycles. The van der Waals surface area contributed by atoms with Crippen LogP contribution < -0.4 is 20.7 Å². The third kappa shape index (κ3) is 7.33. The zero-order valence-electron chi connectivity index (χ0n) is 16.2. The van der Waals surface area contributed by atoms with Crippen LogP contribution in [0.25, 0.3) is 0 Å². The van der Waals surface area contributed by atoms with E-state index in [1.165, 1.54) is 24.8 Å². The molecular formula is C20H32N4O2. The van der Waals surface area contributed by atoms with E-state index in [4.69, 9.17) is 4.74 Å². The van der Waals surface area contributed by atoms with Gasteiger partial charge in [-0.25, -0.2) is 0 Å². The van der Waals surface area contributed by atoms with Crippen molar-refractivity contribution in [3.05, 3.63) is 29.8 Å². The van der Waals surface area contributed by atoms with Gasteiger partial charge < -0.3 is 20.7 Å². The molecule has 1 aliphatic carbocycles.